The van der Waals surface area contributed by atoms with Gasteiger partial charge in [0.2, 0.25) is 0 Å². The van der Waals surface area contributed by atoms with Gasteiger partial charge < -0.3 is 19.4 Å². The van der Waals surface area contributed by atoms with Gasteiger partial charge in [-0.1, -0.05) is 13.8 Å². The number of carbonyl (C=O) groups excluding carboxylic acids is 1. The monoisotopic (exact) mass is 486 g/mol. The Hall–Kier alpha value is -2.15. The van der Waals surface area contributed by atoms with Crippen molar-refractivity contribution in [2.75, 3.05) is 0 Å². The Balaban J connectivity index is 1.31. The van der Waals surface area contributed by atoms with E-state index in [4.69, 9.17) is 14.3 Å². The standard InChI is InChI=1S/C28H38O7/c1-26-12-9-19(35-25(32)8-6-23(29)30)15-18(26)4-5-22-21(26)10-13-27(2)20(11-14-28(22,27)33)17-3-7-24(31)34-16-17/h3,7,16,18-22,33H,4-6,8-15H2,1-2H3,(H,29,30). The Bertz CT molecular complexity index is 1030. The van der Waals surface area contributed by atoms with Crippen molar-refractivity contribution in [3.05, 3.63) is 34.4 Å². The summed E-state index contributed by atoms with van der Waals surface area (Å²) < 4.78 is 10.8. The number of aliphatic carboxylic acids is 1. The fourth-order valence-corrected chi connectivity index (χ4v) is 8.85. The van der Waals surface area contributed by atoms with Crippen molar-refractivity contribution in [3.63, 3.8) is 0 Å². The van der Waals surface area contributed by atoms with Crippen molar-refractivity contribution in [1.29, 1.82) is 0 Å². The second-order valence-electron chi connectivity index (χ2n) is 12.1. The van der Waals surface area contributed by atoms with E-state index in [1.54, 1.807) is 6.26 Å². The molecule has 1 aromatic rings. The van der Waals surface area contributed by atoms with Gasteiger partial charge in [0.05, 0.1) is 24.7 Å². The molecule has 2 N–H and O–H groups in total. The highest BCUT2D eigenvalue weighted by Gasteiger charge is 2.67. The minimum absolute atomic E-state index is 0.0733. The van der Waals surface area contributed by atoms with Crippen molar-refractivity contribution in [2.45, 2.75) is 102 Å². The number of hydrogen-bond donors (Lipinski definition) is 2. The van der Waals surface area contributed by atoms with Crippen LogP contribution < -0.4 is 5.63 Å². The lowest BCUT2D eigenvalue weighted by Crippen LogP contribution is -2.62. The minimum atomic E-state index is -0.982. The van der Waals surface area contributed by atoms with Gasteiger partial charge in [-0.05, 0) is 98.5 Å². The van der Waals surface area contributed by atoms with Crippen LogP contribution in [0.15, 0.2) is 27.6 Å². The van der Waals surface area contributed by atoms with Crippen LogP contribution in [-0.4, -0.2) is 33.9 Å². The average Bonchev–Trinajstić information content (AvgIpc) is 3.10. The van der Waals surface area contributed by atoms with Gasteiger partial charge in [-0.2, -0.15) is 0 Å². The fourth-order valence-electron chi connectivity index (χ4n) is 8.85. The molecule has 0 spiro atoms. The maximum atomic E-state index is 12.3. The van der Waals surface area contributed by atoms with Crippen LogP contribution in [0.5, 0.6) is 0 Å². The Morgan fingerprint density at radius 1 is 1.03 bits per heavy atom. The molecule has 192 valence electrons. The summed E-state index contributed by atoms with van der Waals surface area (Å²) in [5.74, 6) is -0.0724. The lowest BCUT2D eigenvalue weighted by molar-refractivity contribution is -0.207. The Labute approximate surface area is 206 Å². The zero-order chi connectivity index (χ0) is 25.0. The number of ether oxygens (including phenoxy) is 1. The highest BCUT2D eigenvalue weighted by molar-refractivity contribution is 5.76. The molecule has 4 fully saturated rings. The molecular weight excluding hydrogens is 448 g/mol. The third-order valence-corrected chi connectivity index (χ3v) is 10.8. The molecule has 0 bridgehead atoms. The van der Waals surface area contributed by atoms with Gasteiger partial charge in [-0.25, -0.2) is 4.79 Å². The molecule has 1 heterocycles. The lowest BCUT2D eigenvalue weighted by Gasteiger charge is -2.63. The van der Waals surface area contributed by atoms with Gasteiger partial charge >= 0.3 is 17.6 Å². The number of aliphatic hydroxyl groups is 1. The first-order valence-corrected chi connectivity index (χ1v) is 13.3. The van der Waals surface area contributed by atoms with E-state index in [9.17, 15) is 19.5 Å². The first kappa shape index (κ1) is 24.5. The van der Waals surface area contributed by atoms with Crippen LogP contribution in [0.2, 0.25) is 0 Å². The predicted molar refractivity (Wildman–Crippen MR) is 128 cm³/mol. The van der Waals surface area contributed by atoms with Crippen molar-refractivity contribution in [1.82, 2.24) is 0 Å². The lowest BCUT2D eigenvalue weighted by atomic mass is 9.43. The molecule has 4 aliphatic rings. The van der Waals surface area contributed by atoms with Crippen molar-refractivity contribution < 1.29 is 29.0 Å². The Morgan fingerprint density at radius 2 is 1.83 bits per heavy atom. The molecule has 4 aliphatic carbocycles. The van der Waals surface area contributed by atoms with E-state index in [0.29, 0.717) is 11.8 Å². The summed E-state index contributed by atoms with van der Waals surface area (Å²) in [6.07, 6.45) is 9.50. The highest BCUT2D eigenvalue weighted by atomic mass is 16.5. The van der Waals surface area contributed by atoms with Gasteiger partial charge in [0.1, 0.15) is 6.10 Å². The van der Waals surface area contributed by atoms with E-state index in [1.165, 1.54) is 6.07 Å². The quantitative estimate of drug-likeness (QED) is 0.582. The molecule has 8 unspecified atom stereocenters. The molecule has 1 aromatic heterocycles. The van der Waals surface area contributed by atoms with E-state index in [1.807, 2.05) is 6.07 Å². The van der Waals surface area contributed by atoms with Gasteiger partial charge in [-0.15, -0.1) is 0 Å². The van der Waals surface area contributed by atoms with Crippen LogP contribution >= 0.6 is 0 Å². The Morgan fingerprint density at radius 3 is 2.54 bits per heavy atom. The number of carbonyl (C=O) groups is 2. The summed E-state index contributed by atoms with van der Waals surface area (Å²) in [6, 6.07) is 3.36. The zero-order valence-electron chi connectivity index (χ0n) is 20.8. The minimum Gasteiger partial charge on any atom is -0.481 e. The van der Waals surface area contributed by atoms with Crippen LogP contribution in [0.1, 0.15) is 96.0 Å². The highest BCUT2D eigenvalue weighted by Crippen LogP contribution is 2.70. The first-order chi connectivity index (χ1) is 16.6. The Kier molecular flexibility index (Phi) is 6.14. The van der Waals surface area contributed by atoms with Crippen LogP contribution in [-0.2, 0) is 14.3 Å². The fraction of sp³-hybridized carbons (Fsp3) is 0.750. The predicted octanol–water partition coefficient (Wildman–Crippen LogP) is 4.66. The summed E-state index contributed by atoms with van der Waals surface area (Å²) in [5.41, 5.74) is -0.183. The normalized spacial score (nSPS) is 42.4. The molecule has 5 rings (SSSR count). The molecule has 0 amide bonds. The van der Waals surface area contributed by atoms with E-state index >= 15 is 0 Å². The summed E-state index contributed by atoms with van der Waals surface area (Å²) in [4.78, 5) is 34.4. The van der Waals surface area contributed by atoms with Gasteiger partial charge in [0, 0.05) is 11.5 Å². The van der Waals surface area contributed by atoms with Crippen LogP contribution in [0.3, 0.4) is 0 Å². The van der Waals surface area contributed by atoms with Crippen LogP contribution in [0.25, 0.3) is 0 Å². The van der Waals surface area contributed by atoms with Crippen molar-refractivity contribution in [2.24, 2.45) is 28.6 Å². The molecule has 0 aromatic carbocycles. The maximum Gasteiger partial charge on any atom is 0.335 e. The number of rotatable bonds is 5. The summed E-state index contributed by atoms with van der Waals surface area (Å²) >= 11 is 0. The van der Waals surface area contributed by atoms with Crippen LogP contribution in [0.4, 0.5) is 0 Å². The smallest absolute Gasteiger partial charge is 0.335 e. The summed E-state index contributed by atoms with van der Waals surface area (Å²) in [7, 11) is 0. The number of esters is 1. The van der Waals surface area contributed by atoms with Crippen LogP contribution in [0, 0.1) is 28.6 Å². The number of hydrogen-bond acceptors (Lipinski definition) is 6. The molecule has 0 saturated heterocycles. The van der Waals surface area contributed by atoms with E-state index < -0.39 is 17.5 Å². The molecule has 7 nitrogen and oxygen atoms in total. The molecular formula is C28H38O7. The van der Waals surface area contributed by atoms with E-state index in [-0.39, 0.29) is 47.2 Å². The van der Waals surface area contributed by atoms with Crippen molar-refractivity contribution in [3.8, 4) is 0 Å². The molecule has 4 saturated carbocycles. The van der Waals surface area contributed by atoms with E-state index in [2.05, 4.69) is 13.8 Å². The molecule has 0 radical (unpaired) electrons. The first-order valence-electron chi connectivity index (χ1n) is 13.3. The molecule has 7 heteroatoms. The number of fused-ring (bicyclic) bond motifs is 5. The number of carboxylic acid groups (broad SMARTS) is 1. The molecule has 35 heavy (non-hydrogen) atoms. The summed E-state index contributed by atoms with van der Waals surface area (Å²) in [6.45, 7) is 4.63. The zero-order valence-corrected chi connectivity index (χ0v) is 20.8. The third-order valence-electron chi connectivity index (χ3n) is 10.8. The molecule has 8 atom stereocenters. The van der Waals surface area contributed by atoms with Gasteiger partial charge in [0.25, 0.3) is 0 Å². The summed E-state index contributed by atoms with van der Waals surface area (Å²) in [5, 5.41) is 21.1. The third kappa shape index (κ3) is 3.94. The van der Waals surface area contributed by atoms with E-state index in [0.717, 1.165) is 63.4 Å². The topological polar surface area (TPSA) is 114 Å². The van der Waals surface area contributed by atoms with Crippen molar-refractivity contribution >= 4 is 11.9 Å². The number of carboxylic acids is 1. The van der Waals surface area contributed by atoms with Gasteiger partial charge in [0.15, 0.2) is 0 Å². The average molecular weight is 487 g/mol. The maximum absolute atomic E-state index is 12.3. The molecule has 0 aliphatic heterocycles. The SMILES string of the molecule is CC12CCC(OC(=O)CCC(=O)O)CC1CCC1C2CCC2(C)C(c3ccc(=O)oc3)CCC12O. The second kappa shape index (κ2) is 8.75. The van der Waals surface area contributed by atoms with Gasteiger partial charge in [-0.3, -0.25) is 9.59 Å². The second-order valence-corrected chi connectivity index (χ2v) is 12.1. The largest absolute Gasteiger partial charge is 0.481 e.